The Bertz CT molecular complexity index is 870. The molecule has 130 valence electrons. The topological polar surface area (TPSA) is 74.3 Å². The van der Waals surface area contributed by atoms with Crippen molar-refractivity contribution in [1.29, 1.82) is 0 Å². The van der Waals surface area contributed by atoms with E-state index in [-0.39, 0.29) is 19.1 Å². The van der Waals surface area contributed by atoms with E-state index in [1.54, 1.807) is 0 Å². The summed E-state index contributed by atoms with van der Waals surface area (Å²) in [6.45, 7) is 2.63. The second-order valence-corrected chi connectivity index (χ2v) is 6.00. The van der Waals surface area contributed by atoms with E-state index in [1.165, 1.54) is 5.56 Å². The molecule has 0 radical (unpaired) electrons. The first-order valence-corrected chi connectivity index (χ1v) is 8.32. The van der Waals surface area contributed by atoms with E-state index in [4.69, 9.17) is 9.84 Å². The summed E-state index contributed by atoms with van der Waals surface area (Å²) in [4.78, 5) is 15.5. The fourth-order valence-electron chi connectivity index (χ4n) is 2.82. The van der Waals surface area contributed by atoms with E-state index >= 15 is 0 Å². The third kappa shape index (κ3) is 4.19. The minimum Gasteiger partial charge on any atom is -0.491 e. The highest BCUT2D eigenvalue weighted by Gasteiger charge is 2.10. The van der Waals surface area contributed by atoms with Gasteiger partial charge in [-0.1, -0.05) is 30.3 Å². The highest BCUT2D eigenvalue weighted by atomic mass is 16.5. The number of ether oxygens (including phenoxy) is 1. The molecule has 0 aliphatic carbocycles. The minimum atomic E-state index is -0.0431. The monoisotopic (exact) mass is 338 g/mol. The van der Waals surface area contributed by atoms with Gasteiger partial charge in [0.05, 0.1) is 13.0 Å². The number of hydrogen-bond donors (Lipinski definition) is 3. The molecule has 1 heterocycles. The lowest BCUT2D eigenvalue weighted by Gasteiger charge is -2.11. The average Bonchev–Trinajstić information content (AvgIpc) is 3.00. The molecule has 1 amide bonds. The number of benzene rings is 2. The maximum Gasteiger partial charge on any atom is 0.224 e. The first-order chi connectivity index (χ1) is 12.2. The summed E-state index contributed by atoms with van der Waals surface area (Å²) >= 11 is 0. The van der Waals surface area contributed by atoms with Gasteiger partial charge >= 0.3 is 0 Å². The SMILES string of the molecule is Cc1ccc2c(CC(=O)NCc3ccccc3OCCO)c[nH]c2c1. The Morgan fingerprint density at radius 1 is 1.20 bits per heavy atom. The van der Waals surface area contributed by atoms with Crippen molar-refractivity contribution in [2.75, 3.05) is 13.2 Å². The van der Waals surface area contributed by atoms with Gasteiger partial charge in [0.2, 0.25) is 5.91 Å². The van der Waals surface area contributed by atoms with Crippen molar-refractivity contribution in [3.63, 3.8) is 0 Å². The van der Waals surface area contributed by atoms with E-state index in [0.717, 1.165) is 22.0 Å². The predicted molar refractivity (Wildman–Crippen MR) is 97.6 cm³/mol. The number of rotatable bonds is 7. The highest BCUT2D eigenvalue weighted by molar-refractivity contribution is 5.89. The molecule has 0 saturated carbocycles. The van der Waals surface area contributed by atoms with Crippen molar-refractivity contribution >= 4 is 16.8 Å². The van der Waals surface area contributed by atoms with Gasteiger partial charge < -0.3 is 20.1 Å². The van der Waals surface area contributed by atoms with Crippen LogP contribution in [-0.2, 0) is 17.8 Å². The number of aromatic amines is 1. The Hall–Kier alpha value is -2.79. The second kappa shape index (κ2) is 7.85. The van der Waals surface area contributed by atoms with Crippen LogP contribution in [-0.4, -0.2) is 29.2 Å². The Labute approximate surface area is 146 Å². The number of aliphatic hydroxyl groups is 1. The van der Waals surface area contributed by atoms with E-state index in [2.05, 4.69) is 16.4 Å². The van der Waals surface area contributed by atoms with Gasteiger partial charge in [-0.25, -0.2) is 0 Å². The number of aliphatic hydroxyl groups excluding tert-OH is 1. The number of carbonyl (C=O) groups is 1. The maximum atomic E-state index is 12.3. The summed E-state index contributed by atoms with van der Waals surface area (Å²) in [7, 11) is 0. The van der Waals surface area contributed by atoms with Crippen molar-refractivity contribution < 1.29 is 14.6 Å². The number of hydrogen-bond acceptors (Lipinski definition) is 3. The number of carbonyl (C=O) groups excluding carboxylic acids is 1. The Balaban J connectivity index is 1.63. The highest BCUT2D eigenvalue weighted by Crippen LogP contribution is 2.20. The van der Waals surface area contributed by atoms with Crippen LogP contribution in [0.1, 0.15) is 16.7 Å². The zero-order valence-corrected chi connectivity index (χ0v) is 14.2. The lowest BCUT2D eigenvalue weighted by atomic mass is 10.1. The van der Waals surface area contributed by atoms with Crippen molar-refractivity contribution in [2.45, 2.75) is 19.9 Å². The van der Waals surface area contributed by atoms with Crippen LogP contribution in [0.4, 0.5) is 0 Å². The van der Waals surface area contributed by atoms with Crippen LogP contribution in [0.2, 0.25) is 0 Å². The molecular formula is C20H22N2O3. The first-order valence-electron chi connectivity index (χ1n) is 8.32. The van der Waals surface area contributed by atoms with Crippen LogP contribution in [0, 0.1) is 6.92 Å². The Morgan fingerprint density at radius 2 is 2.04 bits per heavy atom. The number of para-hydroxylation sites is 1. The molecule has 1 aromatic heterocycles. The molecule has 5 nitrogen and oxygen atoms in total. The van der Waals surface area contributed by atoms with E-state index < -0.39 is 0 Å². The largest absolute Gasteiger partial charge is 0.491 e. The predicted octanol–water partition coefficient (Wildman–Crippen LogP) is 2.71. The van der Waals surface area contributed by atoms with Gasteiger partial charge in [-0.3, -0.25) is 4.79 Å². The molecule has 0 atom stereocenters. The number of H-pyrrole nitrogens is 1. The lowest BCUT2D eigenvalue weighted by molar-refractivity contribution is -0.120. The van der Waals surface area contributed by atoms with Crippen LogP contribution in [0.25, 0.3) is 10.9 Å². The fraction of sp³-hybridized carbons (Fsp3) is 0.250. The quantitative estimate of drug-likeness (QED) is 0.620. The van der Waals surface area contributed by atoms with Crippen molar-refractivity contribution in [1.82, 2.24) is 10.3 Å². The number of nitrogens with one attached hydrogen (secondary N) is 2. The number of fused-ring (bicyclic) bond motifs is 1. The van der Waals surface area contributed by atoms with Crippen LogP contribution in [0.3, 0.4) is 0 Å². The molecule has 0 fully saturated rings. The smallest absolute Gasteiger partial charge is 0.224 e. The number of aryl methyl sites for hydroxylation is 1. The fourth-order valence-corrected chi connectivity index (χ4v) is 2.82. The maximum absolute atomic E-state index is 12.3. The van der Waals surface area contributed by atoms with Crippen LogP contribution >= 0.6 is 0 Å². The third-order valence-electron chi connectivity index (χ3n) is 4.07. The van der Waals surface area contributed by atoms with Crippen LogP contribution < -0.4 is 10.1 Å². The standard InChI is InChI=1S/C20H22N2O3/c1-14-6-7-17-16(13-21-18(17)10-14)11-20(24)22-12-15-4-2-3-5-19(15)25-9-8-23/h2-7,10,13,21,23H,8-9,11-12H2,1H3,(H,22,24). The summed E-state index contributed by atoms with van der Waals surface area (Å²) in [5.74, 6) is 0.637. The Morgan fingerprint density at radius 3 is 2.88 bits per heavy atom. The molecular weight excluding hydrogens is 316 g/mol. The van der Waals surface area contributed by atoms with Gasteiger partial charge in [0.25, 0.3) is 0 Å². The second-order valence-electron chi connectivity index (χ2n) is 6.00. The first kappa shape index (κ1) is 17.0. The van der Waals surface area contributed by atoms with Crippen molar-refractivity contribution in [3.8, 4) is 5.75 Å². The molecule has 0 bridgehead atoms. The zero-order chi connectivity index (χ0) is 17.6. The summed E-state index contributed by atoms with van der Waals surface area (Å²) in [5.41, 5.74) is 4.10. The minimum absolute atomic E-state index is 0.0409. The van der Waals surface area contributed by atoms with E-state index in [0.29, 0.717) is 18.7 Å². The van der Waals surface area contributed by atoms with Gasteiger partial charge in [-0.2, -0.15) is 0 Å². The van der Waals surface area contributed by atoms with Gasteiger partial charge in [0.1, 0.15) is 12.4 Å². The molecule has 2 aromatic carbocycles. The normalized spacial score (nSPS) is 10.8. The average molecular weight is 338 g/mol. The van der Waals surface area contributed by atoms with E-state index in [1.807, 2.05) is 49.5 Å². The molecule has 3 rings (SSSR count). The molecule has 0 saturated heterocycles. The molecule has 3 N–H and O–H groups in total. The number of amides is 1. The summed E-state index contributed by atoms with van der Waals surface area (Å²) in [5, 5.41) is 12.9. The molecule has 0 aliphatic heterocycles. The molecule has 0 unspecified atom stereocenters. The van der Waals surface area contributed by atoms with Crippen LogP contribution in [0.15, 0.2) is 48.7 Å². The van der Waals surface area contributed by atoms with Crippen molar-refractivity contribution in [3.05, 3.63) is 65.4 Å². The van der Waals surface area contributed by atoms with Crippen molar-refractivity contribution in [2.24, 2.45) is 0 Å². The zero-order valence-electron chi connectivity index (χ0n) is 14.2. The summed E-state index contributed by atoms with van der Waals surface area (Å²) in [6, 6.07) is 13.7. The van der Waals surface area contributed by atoms with Gasteiger partial charge in [-0.15, -0.1) is 0 Å². The van der Waals surface area contributed by atoms with Gasteiger partial charge in [0, 0.05) is 29.2 Å². The van der Waals surface area contributed by atoms with E-state index in [9.17, 15) is 4.79 Å². The molecule has 25 heavy (non-hydrogen) atoms. The van der Waals surface area contributed by atoms with Crippen LogP contribution in [0.5, 0.6) is 5.75 Å². The summed E-state index contributed by atoms with van der Waals surface area (Å²) in [6.07, 6.45) is 2.21. The summed E-state index contributed by atoms with van der Waals surface area (Å²) < 4.78 is 5.49. The van der Waals surface area contributed by atoms with Gasteiger partial charge in [-0.05, 0) is 30.2 Å². The van der Waals surface area contributed by atoms with Gasteiger partial charge in [0.15, 0.2) is 0 Å². The Kier molecular flexibility index (Phi) is 5.36. The lowest BCUT2D eigenvalue weighted by Crippen LogP contribution is -2.24. The molecule has 0 aliphatic rings. The molecule has 3 aromatic rings. The third-order valence-corrected chi connectivity index (χ3v) is 4.07. The molecule has 5 heteroatoms. The molecule has 0 spiro atoms. The number of aromatic nitrogens is 1.